The zero-order valence-corrected chi connectivity index (χ0v) is 10.5. The summed E-state index contributed by atoms with van der Waals surface area (Å²) in [6.07, 6.45) is 3.48. The van der Waals surface area contributed by atoms with E-state index >= 15 is 0 Å². The molecule has 1 aromatic rings. The standard InChI is InChI=1S/C14H20N2O/c1-3-16(4-2)12-8-11-14(17)15-13-9-6-5-7-10-13/h5-11H,3-4,12H2,1-2H3,(H,15,17)/b11-8+. The molecule has 0 aliphatic heterocycles. The number of nitrogens with one attached hydrogen (secondary N) is 1. The number of carbonyl (C=O) groups is 1. The van der Waals surface area contributed by atoms with Gasteiger partial charge >= 0.3 is 0 Å². The molecule has 0 saturated carbocycles. The third-order valence-electron chi connectivity index (χ3n) is 2.57. The Labute approximate surface area is 103 Å². The fraction of sp³-hybridized carbons (Fsp3) is 0.357. The first-order chi connectivity index (χ1) is 8.26. The predicted octanol–water partition coefficient (Wildman–Crippen LogP) is 2.52. The second-order valence-corrected chi connectivity index (χ2v) is 3.74. The molecule has 17 heavy (non-hydrogen) atoms. The maximum atomic E-state index is 11.6. The number of carbonyl (C=O) groups excluding carboxylic acids is 1. The Hall–Kier alpha value is -1.61. The molecule has 0 atom stereocenters. The van der Waals surface area contributed by atoms with Crippen LogP contribution in [0.5, 0.6) is 0 Å². The van der Waals surface area contributed by atoms with Gasteiger partial charge in [-0.25, -0.2) is 0 Å². The van der Waals surface area contributed by atoms with E-state index in [4.69, 9.17) is 0 Å². The first kappa shape index (κ1) is 13.5. The smallest absolute Gasteiger partial charge is 0.248 e. The molecule has 0 spiro atoms. The van der Waals surface area contributed by atoms with Crippen LogP contribution in [0.25, 0.3) is 0 Å². The number of hydrogen-bond acceptors (Lipinski definition) is 2. The third kappa shape index (κ3) is 5.31. The van der Waals surface area contributed by atoms with Crippen molar-refractivity contribution in [2.45, 2.75) is 13.8 Å². The molecule has 0 aliphatic carbocycles. The van der Waals surface area contributed by atoms with Gasteiger partial charge in [-0.05, 0) is 25.2 Å². The van der Waals surface area contributed by atoms with E-state index in [2.05, 4.69) is 24.1 Å². The van der Waals surface area contributed by atoms with Gasteiger partial charge in [0.15, 0.2) is 0 Å². The number of anilines is 1. The molecule has 0 unspecified atom stereocenters. The van der Waals surface area contributed by atoms with Crippen molar-refractivity contribution >= 4 is 11.6 Å². The lowest BCUT2D eigenvalue weighted by atomic mass is 10.3. The van der Waals surface area contributed by atoms with E-state index in [0.29, 0.717) is 0 Å². The lowest BCUT2D eigenvalue weighted by molar-refractivity contribution is -0.111. The van der Waals surface area contributed by atoms with Gasteiger partial charge in [0, 0.05) is 18.3 Å². The van der Waals surface area contributed by atoms with E-state index in [0.717, 1.165) is 25.3 Å². The largest absolute Gasteiger partial charge is 0.323 e. The molecule has 0 fully saturated rings. The van der Waals surface area contributed by atoms with Gasteiger partial charge in [0.25, 0.3) is 0 Å². The van der Waals surface area contributed by atoms with Gasteiger partial charge in [0.1, 0.15) is 0 Å². The lowest BCUT2D eigenvalue weighted by Gasteiger charge is -2.14. The van der Waals surface area contributed by atoms with Crippen molar-refractivity contribution in [3.05, 3.63) is 42.5 Å². The monoisotopic (exact) mass is 232 g/mol. The molecule has 1 N–H and O–H groups in total. The summed E-state index contributed by atoms with van der Waals surface area (Å²) in [6, 6.07) is 9.46. The van der Waals surface area contributed by atoms with Crippen LogP contribution in [0.2, 0.25) is 0 Å². The second kappa shape index (κ2) is 7.63. The third-order valence-corrected chi connectivity index (χ3v) is 2.57. The highest BCUT2D eigenvalue weighted by Crippen LogP contribution is 2.04. The molecule has 0 radical (unpaired) electrons. The van der Waals surface area contributed by atoms with Gasteiger partial charge in [-0.3, -0.25) is 4.79 Å². The van der Waals surface area contributed by atoms with Crippen LogP contribution in [-0.2, 0) is 4.79 Å². The van der Waals surface area contributed by atoms with Crippen molar-refractivity contribution in [1.82, 2.24) is 4.90 Å². The topological polar surface area (TPSA) is 32.3 Å². The van der Waals surface area contributed by atoms with Crippen LogP contribution in [0.15, 0.2) is 42.5 Å². The molecule has 3 nitrogen and oxygen atoms in total. The van der Waals surface area contributed by atoms with Gasteiger partial charge < -0.3 is 10.2 Å². The van der Waals surface area contributed by atoms with Crippen LogP contribution in [-0.4, -0.2) is 30.4 Å². The van der Waals surface area contributed by atoms with Crippen molar-refractivity contribution < 1.29 is 4.79 Å². The highest BCUT2D eigenvalue weighted by molar-refractivity contribution is 5.99. The van der Waals surface area contributed by atoms with Gasteiger partial charge in [-0.15, -0.1) is 0 Å². The summed E-state index contributed by atoms with van der Waals surface area (Å²) in [5, 5.41) is 2.81. The fourth-order valence-electron chi connectivity index (χ4n) is 1.50. The zero-order valence-electron chi connectivity index (χ0n) is 10.5. The molecule has 1 amide bonds. The minimum absolute atomic E-state index is 0.0802. The van der Waals surface area contributed by atoms with E-state index in [1.165, 1.54) is 0 Å². The summed E-state index contributed by atoms with van der Waals surface area (Å²) in [5.41, 5.74) is 0.824. The Kier molecular flexibility index (Phi) is 6.04. The number of benzene rings is 1. The van der Waals surface area contributed by atoms with Gasteiger partial charge in [0.05, 0.1) is 0 Å². The van der Waals surface area contributed by atoms with Crippen molar-refractivity contribution in [1.29, 1.82) is 0 Å². The van der Waals surface area contributed by atoms with Crippen molar-refractivity contribution in [3.8, 4) is 0 Å². The van der Waals surface area contributed by atoms with E-state index in [-0.39, 0.29) is 5.91 Å². The fourth-order valence-corrected chi connectivity index (χ4v) is 1.50. The Morgan fingerprint density at radius 3 is 2.47 bits per heavy atom. The average Bonchev–Trinajstić information content (AvgIpc) is 2.36. The zero-order chi connectivity index (χ0) is 12.5. The maximum Gasteiger partial charge on any atom is 0.248 e. The Balaban J connectivity index is 2.37. The first-order valence-corrected chi connectivity index (χ1v) is 6.01. The summed E-state index contributed by atoms with van der Waals surface area (Å²) in [6.45, 7) is 7.04. The van der Waals surface area contributed by atoms with Gasteiger partial charge in [-0.2, -0.15) is 0 Å². The van der Waals surface area contributed by atoms with Crippen molar-refractivity contribution in [2.24, 2.45) is 0 Å². The first-order valence-electron chi connectivity index (χ1n) is 6.01. The average molecular weight is 232 g/mol. The summed E-state index contributed by atoms with van der Waals surface area (Å²) < 4.78 is 0. The molecular formula is C14H20N2O. The summed E-state index contributed by atoms with van der Waals surface area (Å²) in [4.78, 5) is 13.8. The van der Waals surface area contributed by atoms with Crippen molar-refractivity contribution in [2.75, 3.05) is 25.0 Å². The minimum Gasteiger partial charge on any atom is -0.323 e. The van der Waals surface area contributed by atoms with E-state index in [1.54, 1.807) is 6.08 Å². The van der Waals surface area contributed by atoms with Gasteiger partial charge in [0.2, 0.25) is 5.91 Å². The van der Waals surface area contributed by atoms with Gasteiger partial charge in [-0.1, -0.05) is 38.1 Å². The predicted molar refractivity (Wildman–Crippen MR) is 72.0 cm³/mol. The van der Waals surface area contributed by atoms with Crippen LogP contribution < -0.4 is 5.32 Å². The second-order valence-electron chi connectivity index (χ2n) is 3.74. The molecule has 0 aliphatic rings. The van der Waals surface area contributed by atoms with Crippen LogP contribution in [0.1, 0.15) is 13.8 Å². The Morgan fingerprint density at radius 2 is 1.88 bits per heavy atom. The number of rotatable bonds is 6. The van der Waals surface area contributed by atoms with Crippen LogP contribution in [0.4, 0.5) is 5.69 Å². The Morgan fingerprint density at radius 1 is 1.24 bits per heavy atom. The number of amides is 1. The molecule has 1 aromatic carbocycles. The summed E-state index contributed by atoms with van der Waals surface area (Å²) >= 11 is 0. The normalized spacial score (nSPS) is 11.0. The molecule has 0 bridgehead atoms. The number of nitrogens with zero attached hydrogens (tertiary/aromatic N) is 1. The summed E-state index contributed by atoms with van der Waals surface area (Å²) in [7, 11) is 0. The van der Waals surface area contributed by atoms with E-state index < -0.39 is 0 Å². The lowest BCUT2D eigenvalue weighted by Crippen LogP contribution is -2.23. The van der Waals surface area contributed by atoms with Crippen molar-refractivity contribution in [3.63, 3.8) is 0 Å². The highest BCUT2D eigenvalue weighted by Gasteiger charge is 1.97. The number of para-hydroxylation sites is 1. The molecule has 92 valence electrons. The Bertz CT molecular complexity index is 356. The minimum atomic E-state index is -0.0802. The van der Waals surface area contributed by atoms with E-state index in [1.807, 2.05) is 36.4 Å². The molecule has 1 rings (SSSR count). The highest BCUT2D eigenvalue weighted by atomic mass is 16.1. The van der Waals surface area contributed by atoms with Crippen LogP contribution >= 0.6 is 0 Å². The number of likely N-dealkylation sites (N-methyl/N-ethyl adjacent to an activating group) is 1. The molecule has 0 heterocycles. The molecule has 0 aromatic heterocycles. The van der Waals surface area contributed by atoms with Crippen LogP contribution in [0.3, 0.4) is 0 Å². The summed E-state index contributed by atoms with van der Waals surface area (Å²) in [5.74, 6) is -0.0802. The molecular weight excluding hydrogens is 212 g/mol. The van der Waals surface area contributed by atoms with E-state index in [9.17, 15) is 4.79 Å². The molecule has 0 saturated heterocycles. The number of hydrogen-bond donors (Lipinski definition) is 1. The SMILES string of the molecule is CCN(CC)C/C=C/C(=O)Nc1ccccc1. The maximum absolute atomic E-state index is 11.6. The quantitative estimate of drug-likeness (QED) is 0.764. The van der Waals surface area contributed by atoms with Crippen LogP contribution in [0, 0.1) is 0 Å². The molecule has 3 heteroatoms.